The van der Waals surface area contributed by atoms with E-state index in [0.29, 0.717) is 10.4 Å². The van der Waals surface area contributed by atoms with Crippen molar-refractivity contribution >= 4 is 15.9 Å². The molecule has 0 spiro atoms. The van der Waals surface area contributed by atoms with Crippen LogP contribution in [-0.2, 0) is 7.05 Å². The zero-order valence-electron chi connectivity index (χ0n) is 7.50. The fourth-order valence-corrected chi connectivity index (χ4v) is 1.44. The van der Waals surface area contributed by atoms with E-state index in [1.807, 2.05) is 0 Å². The van der Waals surface area contributed by atoms with Gasteiger partial charge in [0.1, 0.15) is 4.47 Å². The molecule has 1 aromatic rings. The van der Waals surface area contributed by atoms with Gasteiger partial charge in [0.05, 0.1) is 14.2 Å². The highest BCUT2D eigenvalue weighted by atomic mass is 79.9. The lowest BCUT2D eigenvalue weighted by atomic mass is 10.5. The topological polar surface area (TPSA) is 53.4 Å². The van der Waals surface area contributed by atoms with Gasteiger partial charge < -0.3 is 9.47 Å². The summed E-state index contributed by atoms with van der Waals surface area (Å²) in [6, 6.07) is 0. The SMILES string of the molecule is COc1nn(C)c(=O)c(OC)c1Br. The summed E-state index contributed by atoms with van der Waals surface area (Å²) in [5.74, 6) is 0.508. The third-order valence-electron chi connectivity index (χ3n) is 1.51. The zero-order chi connectivity index (χ0) is 10.0. The summed E-state index contributed by atoms with van der Waals surface area (Å²) in [5, 5.41) is 3.85. The van der Waals surface area contributed by atoms with Crippen molar-refractivity contribution in [3.63, 3.8) is 0 Å². The molecule has 0 atom stereocenters. The molecule has 1 aromatic heterocycles. The monoisotopic (exact) mass is 248 g/mol. The van der Waals surface area contributed by atoms with Gasteiger partial charge in [0, 0.05) is 7.05 Å². The van der Waals surface area contributed by atoms with Crippen LogP contribution in [0.5, 0.6) is 11.6 Å². The van der Waals surface area contributed by atoms with Gasteiger partial charge in [0.2, 0.25) is 11.6 Å². The molecule has 0 aromatic carbocycles. The molecular formula is C7H9BrN2O3. The second-order valence-corrected chi connectivity index (χ2v) is 3.08. The normalized spacial score (nSPS) is 9.85. The Hall–Kier alpha value is -1.04. The highest BCUT2D eigenvalue weighted by molar-refractivity contribution is 9.10. The average molecular weight is 249 g/mol. The number of hydrogen-bond acceptors (Lipinski definition) is 4. The van der Waals surface area contributed by atoms with Gasteiger partial charge in [0.25, 0.3) is 0 Å². The van der Waals surface area contributed by atoms with Gasteiger partial charge in [0.15, 0.2) is 0 Å². The Kier molecular flexibility index (Phi) is 2.92. The molecule has 72 valence electrons. The summed E-state index contributed by atoms with van der Waals surface area (Å²) in [6.45, 7) is 0. The first-order valence-corrected chi connectivity index (χ1v) is 4.26. The molecule has 0 aliphatic rings. The Morgan fingerprint density at radius 3 is 2.46 bits per heavy atom. The molecule has 0 amide bonds. The standard InChI is InChI=1S/C7H9BrN2O3/c1-10-7(11)5(12-2)4(8)6(9-10)13-3/h1-3H3. The molecule has 0 unspecified atom stereocenters. The zero-order valence-corrected chi connectivity index (χ0v) is 9.08. The van der Waals surface area contributed by atoms with E-state index in [0.717, 1.165) is 4.68 Å². The number of nitrogens with zero attached hydrogens (tertiary/aromatic N) is 2. The summed E-state index contributed by atoms with van der Waals surface area (Å²) in [6.07, 6.45) is 0. The van der Waals surface area contributed by atoms with Crippen LogP contribution in [0.15, 0.2) is 9.27 Å². The van der Waals surface area contributed by atoms with E-state index in [1.54, 1.807) is 0 Å². The Balaban J connectivity index is 3.48. The van der Waals surface area contributed by atoms with Crippen LogP contribution in [0.4, 0.5) is 0 Å². The number of methoxy groups -OCH3 is 2. The number of ether oxygens (including phenoxy) is 2. The number of rotatable bonds is 2. The van der Waals surface area contributed by atoms with E-state index in [9.17, 15) is 4.79 Å². The molecule has 0 saturated carbocycles. The predicted molar refractivity (Wildman–Crippen MR) is 50.3 cm³/mol. The quantitative estimate of drug-likeness (QED) is 0.768. The number of halogens is 1. The van der Waals surface area contributed by atoms with Gasteiger partial charge in [-0.15, -0.1) is 5.10 Å². The van der Waals surface area contributed by atoms with Crippen LogP contribution >= 0.6 is 15.9 Å². The predicted octanol–water partition coefficient (Wildman–Crippen LogP) is 0.560. The first kappa shape index (κ1) is 10.0. The van der Waals surface area contributed by atoms with Crippen LogP contribution in [0.1, 0.15) is 0 Å². The Labute approximate surface area is 83.4 Å². The van der Waals surface area contributed by atoms with Crippen molar-refractivity contribution in [3.8, 4) is 11.6 Å². The van der Waals surface area contributed by atoms with Gasteiger partial charge in [-0.3, -0.25) is 4.79 Å². The van der Waals surface area contributed by atoms with Gasteiger partial charge >= 0.3 is 5.56 Å². The average Bonchev–Trinajstić information content (AvgIpc) is 2.12. The Morgan fingerprint density at radius 1 is 1.38 bits per heavy atom. The lowest BCUT2D eigenvalue weighted by molar-refractivity contribution is 0.355. The summed E-state index contributed by atoms with van der Waals surface area (Å²) >= 11 is 3.16. The highest BCUT2D eigenvalue weighted by Crippen LogP contribution is 2.28. The minimum atomic E-state index is -0.310. The minimum Gasteiger partial charge on any atom is -0.490 e. The van der Waals surface area contributed by atoms with Gasteiger partial charge in [-0.05, 0) is 15.9 Å². The molecule has 6 heteroatoms. The lowest BCUT2D eigenvalue weighted by Gasteiger charge is -2.07. The van der Waals surface area contributed by atoms with E-state index in [4.69, 9.17) is 9.47 Å². The van der Waals surface area contributed by atoms with Crippen LogP contribution in [0.3, 0.4) is 0 Å². The molecule has 0 N–H and O–H groups in total. The van der Waals surface area contributed by atoms with Gasteiger partial charge in [-0.25, -0.2) is 4.68 Å². The van der Waals surface area contributed by atoms with Crippen molar-refractivity contribution in [3.05, 3.63) is 14.8 Å². The third-order valence-corrected chi connectivity index (χ3v) is 2.21. The largest absolute Gasteiger partial charge is 0.490 e. The van der Waals surface area contributed by atoms with Crippen LogP contribution in [0.25, 0.3) is 0 Å². The summed E-state index contributed by atoms with van der Waals surface area (Å²) in [5.41, 5.74) is -0.310. The van der Waals surface area contributed by atoms with Gasteiger partial charge in [-0.1, -0.05) is 0 Å². The van der Waals surface area contributed by atoms with Crippen LogP contribution < -0.4 is 15.0 Å². The van der Waals surface area contributed by atoms with Crippen molar-refractivity contribution in [2.75, 3.05) is 14.2 Å². The molecule has 0 fully saturated rings. The maximum Gasteiger partial charge on any atom is 0.310 e. The Bertz CT molecular complexity index is 375. The van der Waals surface area contributed by atoms with Crippen LogP contribution in [0, 0.1) is 0 Å². The second kappa shape index (κ2) is 3.78. The third kappa shape index (κ3) is 1.67. The van der Waals surface area contributed by atoms with Crippen molar-refractivity contribution in [1.29, 1.82) is 0 Å². The maximum atomic E-state index is 11.4. The molecule has 0 radical (unpaired) electrons. The first-order chi connectivity index (χ1) is 6.11. The molecule has 5 nitrogen and oxygen atoms in total. The van der Waals surface area contributed by atoms with Gasteiger partial charge in [-0.2, -0.15) is 0 Å². The smallest absolute Gasteiger partial charge is 0.310 e. The maximum absolute atomic E-state index is 11.4. The van der Waals surface area contributed by atoms with Crippen molar-refractivity contribution in [2.45, 2.75) is 0 Å². The molecular weight excluding hydrogens is 240 g/mol. The minimum absolute atomic E-state index is 0.189. The lowest BCUT2D eigenvalue weighted by Crippen LogP contribution is -2.22. The molecule has 0 aliphatic heterocycles. The van der Waals surface area contributed by atoms with Crippen LogP contribution in [0.2, 0.25) is 0 Å². The summed E-state index contributed by atoms with van der Waals surface area (Å²) in [7, 11) is 4.41. The molecule has 13 heavy (non-hydrogen) atoms. The number of hydrogen-bond donors (Lipinski definition) is 0. The number of aryl methyl sites for hydroxylation is 1. The summed E-state index contributed by atoms with van der Waals surface area (Å²) in [4.78, 5) is 11.4. The van der Waals surface area contributed by atoms with Crippen molar-refractivity contribution in [1.82, 2.24) is 9.78 Å². The molecule has 0 bridgehead atoms. The molecule has 1 rings (SSSR count). The number of aromatic nitrogens is 2. The summed E-state index contributed by atoms with van der Waals surface area (Å²) < 4.78 is 11.4. The van der Waals surface area contributed by atoms with E-state index >= 15 is 0 Å². The van der Waals surface area contributed by atoms with E-state index in [1.165, 1.54) is 21.3 Å². The van der Waals surface area contributed by atoms with Crippen LogP contribution in [-0.4, -0.2) is 24.0 Å². The first-order valence-electron chi connectivity index (χ1n) is 3.46. The molecule has 0 aliphatic carbocycles. The van der Waals surface area contributed by atoms with E-state index in [2.05, 4.69) is 21.0 Å². The van der Waals surface area contributed by atoms with E-state index in [-0.39, 0.29) is 11.3 Å². The fraction of sp³-hybridized carbons (Fsp3) is 0.429. The fourth-order valence-electron chi connectivity index (χ4n) is 0.871. The molecule has 0 saturated heterocycles. The molecule has 1 heterocycles. The second-order valence-electron chi connectivity index (χ2n) is 2.29. The van der Waals surface area contributed by atoms with Crippen molar-refractivity contribution < 1.29 is 9.47 Å². The van der Waals surface area contributed by atoms with Crippen molar-refractivity contribution in [2.24, 2.45) is 7.05 Å². The highest BCUT2D eigenvalue weighted by Gasteiger charge is 2.14. The van der Waals surface area contributed by atoms with E-state index < -0.39 is 0 Å². The Morgan fingerprint density at radius 2 is 2.00 bits per heavy atom.